The Morgan fingerprint density at radius 3 is 2.53 bits per heavy atom. The van der Waals surface area contributed by atoms with E-state index in [1.807, 2.05) is 6.92 Å². The molecule has 166 valence electrons. The summed E-state index contributed by atoms with van der Waals surface area (Å²) in [6.45, 7) is 1.88. The first-order chi connectivity index (χ1) is 15.2. The maximum Gasteiger partial charge on any atom is 0.435 e. The summed E-state index contributed by atoms with van der Waals surface area (Å²) in [5, 5.41) is 3.60. The van der Waals surface area contributed by atoms with Gasteiger partial charge < -0.3 is 4.42 Å². The summed E-state index contributed by atoms with van der Waals surface area (Å²) in [6, 6.07) is 9.23. The first kappa shape index (κ1) is 22.1. The monoisotopic (exact) mass is 466 g/mol. The van der Waals surface area contributed by atoms with Gasteiger partial charge in [-0.2, -0.15) is 18.3 Å². The molecule has 0 aliphatic carbocycles. The highest BCUT2D eigenvalue weighted by Gasteiger charge is 2.33. The zero-order valence-corrected chi connectivity index (χ0v) is 17.3. The van der Waals surface area contributed by atoms with Crippen LogP contribution in [-0.4, -0.2) is 15.5 Å². The van der Waals surface area contributed by atoms with Crippen molar-refractivity contribution in [2.75, 3.05) is 5.75 Å². The second kappa shape index (κ2) is 8.42. The zero-order valence-electron chi connectivity index (χ0n) is 16.5. The van der Waals surface area contributed by atoms with Gasteiger partial charge >= 0.3 is 6.18 Å². The molecule has 0 amide bonds. The Balaban J connectivity index is 1.83. The third kappa shape index (κ3) is 4.14. The molecule has 4 aromatic rings. The van der Waals surface area contributed by atoms with Crippen molar-refractivity contribution in [1.29, 1.82) is 0 Å². The molecule has 4 rings (SSSR count). The van der Waals surface area contributed by atoms with E-state index in [1.54, 1.807) is 12.1 Å². The maximum absolute atomic E-state index is 13.1. The summed E-state index contributed by atoms with van der Waals surface area (Å²) in [5.74, 6) is 0.623. The second-order valence-corrected chi connectivity index (χ2v) is 8.10. The van der Waals surface area contributed by atoms with Crippen molar-refractivity contribution in [2.24, 2.45) is 0 Å². The molecule has 10 heteroatoms. The molecule has 0 atom stereocenters. The quantitative estimate of drug-likeness (QED) is 0.242. The van der Waals surface area contributed by atoms with Crippen LogP contribution in [0.1, 0.15) is 24.6 Å². The summed E-state index contributed by atoms with van der Waals surface area (Å²) < 4.78 is 71.4. The minimum Gasteiger partial charge on any atom is -0.463 e. The Hall–Kier alpha value is -3.14. The van der Waals surface area contributed by atoms with Crippen molar-refractivity contribution in [3.05, 3.63) is 76.4 Å². The minimum absolute atomic E-state index is 0.0266. The summed E-state index contributed by atoms with van der Waals surface area (Å²) in [6.07, 6.45) is -4.83. The van der Waals surface area contributed by atoms with Gasteiger partial charge in [-0.25, -0.2) is 13.5 Å². The number of halogens is 5. The van der Waals surface area contributed by atoms with Crippen LogP contribution in [0, 0.1) is 0 Å². The SMILES string of the molecule is CCSc1cc(-n2ccc(C(F)(F)F)n2)ccc1-c1coc2ccc(C(F)F)cc2c1=O. The van der Waals surface area contributed by atoms with E-state index in [0.717, 1.165) is 16.8 Å². The van der Waals surface area contributed by atoms with Gasteiger partial charge in [0.1, 0.15) is 11.8 Å². The van der Waals surface area contributed by atoms with E-state index < -0.39 is 23.7 Å². The number of thioether (sulfide) groups is 1. The van der Waals surface area contributed by atoms with Crippen molar-refractivity contribution >= 4 is 22.7 Å². The predicted molar refractivity (Wildman–Crippen MR) is 111 cm³/mol. The van der Waals surface area contributed by atoms with Gasteiger partial charge in [0.25, 0.3) is 6.43 Å². The molecule has 2 aromatic heterocycles. The highest BCUT2D eigenvalue weighted by molar-refractivity contribution is 7.99. The minimum atomic E-state index is -4.56. The lowest BCUT2D eigenvalue weighted by Gasteiger charge is -2.12. The fraction of sp³-hybridized carbons (Fsp3) is 0.182. The van der Waals surface area contributed by atoms with Gasteiger partial charge in [-0.3, -0.25) is 4.79 Å². The van der Waals surface area contributed by atoms with Gasteiger partial charge in [0.15, 0.2) is 5.69 Å². The maximum atomic E-state index is 13.1. The van der Waals surface area contributed by atoms with Gasteiger partial charge in [-0.15, -0.1) is 11.8 Å². The largest absolute Gasteiger partial charge is 0.463 e. The average Bonchev–Trinajstić information content (AvgIpc) is 3.25. The van der Waals surface area contributed by atoms with Crippen LogP contribution >= 0.6 is 11.8 Å². The van der Waals surface area contributed by atoms with E-state index in [9.17, 15) is 26.7 Å². The number of hydrogen-bond acceptors (Lipinski definition) is 4. The van der Waals surface area contributed by atoms with Gasteiger partial charge in [-0.05, 0) is 42.2 Å². The smallest absolute Gasteiger partial charge is 0.435 e. The third-order valence-electron chi connectivity index (χ3n) is 4.75. The number of nitrogens with zero attached hydrogens (tertiary/aromatic N) is 2. The normalized spacial score (nSPS) is 12.1. The standard InChI is InChI=1S/C22H15F5N2O2S/c1-2-32-18-10-13(29-8-7-19(28-29)22(25,26)27)4-5-14(18)16-11-31-17-6-3-12(21(23)24)9-15(17)20(16)30/h3-11,21H,2H2,1H3. The Morgan fingerprint density at radius 2 is 1.88 bits per heavy atom. The lowest BCUT2D eigenvalue weighted by Crippen LogP contribution is -2.08. The first-order valence-electron chi connectivity index (χ1n) is 9.43. The number of hydrogen-bond donors (Lipinski definition) is 0. The molecule has 2 heterocycles. The highest BCUT2D eigenvalue weighted by Crippen LogP contribution is 2.34. The predicted octanol–water partition coefficient (Wildman–Crippen LogP) is 6.71. The Labute approximate surface area is 182 Å². The summed E-state index contributed by atoms with van der Waals surface area (Å²) in [7, 11) is 0. The van der Waals surface area contributed by atoms with E-state index in [0.29, 0.717) is 21.9 Å². The summed E-state index contributed by atoms with van der Waals surface area (Å²) >= 11 is 1.38. The van der Waals surface area contributed by atoms with Crippen molar-refractivity contribution < 1.29 is 26.4 Å². The third-order valence-corrected chi connectivity index (χ3v) is 5.69. The number of aromatic nitrogens is 2. The van der Waals surface area contributed by atoms with Crippen LogP contribution in [0.2, 0.25) is 0 Å². The molecule has 0 bridgehead atoms. The number of fused-ring (bicyclic) bond motifs is 1. The van der Waals surface area contributed by atoms with Gasteiger partial charge in [0, 0.05) is 22.2 Å². The van der Waals surface area contributed by atoms with Crippen molar-refractivity contribution in [3.8, 4) is 16.8 Å². The molecule has 0 aliphatic heterocycles. The molecule has 32 heavy (non-hydrogen) atoms. The molecule has 4 nitrogen and oxygen atoms in total. The van der Waals surface area contributed by atoms with Crippen LogP contribution in [0.25, 0.3) is 27.8 Å². The molecule has 0 fully saturated rings. The molecular weight excluding hydrogens is 451 g/mol. The molecule has 0 spiro atoms. The summed E-state index contributed by atoms with van der Waals surface area (Å²) in [5.41, 5.74) is -0.565. The molecule has 2 aromatic carbocycles. The molecule has 0 radical (unpaired) electrons. The van der Waals surface area contributed by atoms with Crippen molar-refractivity contribution in [1.82, 2.24) is 9.78 Å². The van der Waals surface area contributed by atoms with Crippen LogP contribution in [0.4, 0.5) is 22.0 Å². The van der Waals surface area contributed by atoms with Crippen LogP contribution in [0.3, 0.4) is 0 Å². The topological polar surface area (TPSA) is 48.0 Å². The van der Waals surface area contributed by atoms with Crippen molar-refractivity contribution in [2.45, 2.75) is 24.4 Å². The molecular formula is C22H15F5N2O2S. The van der Waals surface area contributed by atoms with Crippen LogP contribution in [0.5, 0.6) is 0 Å². The molecule has 0 saturated carbocycles. The Bertz CT molecular complexity index is 1340. The van der Waals surface area contributed by atoms with E-state index in [-0.39, 0.29) is 22.1 Å². The highest BCUT2D eigenvalue weighted by atomic mass is 32.2. The Kier molecular flexibility index (Phi) is 5.81. The van der Waals surface area contributed by atoms with E-state index in [4.69, 9.17) is 4.42 Å². The lowest BCUT2D eigenvalue weighted by molar-refractivity contribution is -0.141. The zero-order chi connectivity index (χ0) is 23.0. The van der Waals surface area contributed by atoms with E-state index in [1.165, 1.54) is 42.4 Å². The molecule has 0 unspecified atom stereocenters. The van der Waals surface area contributed by atoms with E-state index >= 15 is 0 Å². The number of alkyl halides is 5. The summed E-state index contributed by atoms with van der Waals surface area (Å²) in [4.78, 5) is 13.7. The van der Waals surface area contributed by atoms with Crippen LogP contribution in [0.15, 0.2) is 69.0 Å². The fourth-order valence-corrected chi connectivity index (χ4v) is 4.09. The van der Waals surface area contributed by atoms with Gasteiger partial charge in [0.05, 0.1) is 16.6 Å². The van der Waals surface area contributed by atoms with E-state index in [2.05, 4.69) is 5.10 Å². The number of benzene rings is 2. The second-order valence-electron chi connectivity index (χ2n) is 6.79. The van der Waals surface area contributed by atoms with Crippen LogP contribution in [-0.2, 0) is 6.18 Å². The lowest BCUT2D eigenvalue weighted by atomic mass is 10.0. The molecule has 0 N–H and O–H groups in total. The first-order valence-corrected chi connectivity index (χ1v) is 10.4. The molecule has 0 aliphatic rings. The average molecular weight is 466 g/mol. The van der Waals surface area contributed by atoms with Gasteiger partial charge in [-0.1, -0.05) is 13.0 Å². The van der Waals surface area contributed by atoms with Crippen molar-refractivity contribution in [3.63, 3.8) is 0 Å². The van der Waals surface area contributed by atoms with Crippen LogP contribution < -0.4 is 5.43 Å². The number of rotatable bonds is 5. The molecule has 0 saturated heterocycles. The fourth-order valence-electron chi connectivity index (χ4n) is 3.24. The van der Waals surface area contributed by atoms with Gasteiger partial charge in [0.2, 0.25) is 5.43 Å². The Morgan fingerprint density at radius 1 is 1.09 bits per heavy atom.